The summed E-state index contributed by atoms with van der Waals surface area (Å²) in [6.45, 7) is 2.27. The van der Waals surface area contributed by atoms with Crippen molar-refractivity contribution in [1.82, 2.24) is 0 Å². The van der Waals surface area contributed by atoms with Gasteiger partial charge in [-0.25, -0.2) is 0 Å². The van der Waals surface area contributed by atoms with Crippen molar-refractivity contribution in [2.45, 2.75) is 110 Å². The normalized spacial score (nSPS) is 11.7. The van der Waals surface area contributed by atoms with E-state index in [0.717, 1.165) is 25.7 Å². The number of rotatable bonds is 18. The highest BCUT2D eigenvalue weighted by molar-refractivity contribution is 5.66. The largest absolute Gasteiger partial charge is 0.481 e. The van der Waals surface area contributed by atoms with Crippen molar-refractivity contribution in [2.75, 3.05) is 0 Å². The van der Waals surface area contributed by atoms with Crippen molar-refractivity contribution in [1.29, 1.82) is 0 Å². The third-order valence-corrected chi connectivity index (χ3v) is 4.34. The molecular formula is C22H40O2. The SMILES string of the molecule is CCCCCCCCCC=CCC=CCCCCCCCC(=O)O. The fraction of sp³-hybridized carbons (Fsp3) is 0.773. The first kappa shape index (κ1) is 22.9. The van der Waals surface area contributed by atoms with Crippen molar-refractivity contribution < 1.29 is 9.90 Å². The Morgan fingerprint density at radius 3 is 1.62 bits per heavy atom. The maximum Gasteiger partial charge on any atom is 0.303 e. The molecule has 0 spiro atoms. The van der Waals surface area contributed by atoms with Crippen LogP contribution in [-0.2, 0) is 4.79 Å². The molecule has 0 rings (SSSR count). The lowest BCUT2D eigenvalue weighted by molar-refractivity contribution is -0.137. The molecule has 0 aromatic carbocycles. The average molecular weight is 337 g/mol. The zero-order valence-corrected chi connectivity index (χ0v) is 16.0. The molecule has 0 amide bonds. The maximum atomic E-state index is 10.4. The fourth-order valence-corrected chi connectivity index (χ4v) is 2.79. The lowest BCUT2D eigenvalue weighted by atomic mass is 10.1. The van der Waals surface area contributed by atoms with Crippen LogP contribution in [0.15, 0.2) is 24.3 Å². The quantitative estimate of drug-likeness (QED) is 0.208. The van der Waals surface area contributed by atoms with Gasteiger partial charge < -0.3 is 5.11 Å². The summed E-state index contributed by atoms with van der Waals surface area (Å²) < 4.78 is 0. The Morgan fingerprint density at radius 2 is 1.12 bits per heavy atom. The van der Waals surface area contributed by atoms with Crippen LogP contribution in [-0.4, -0.2) is 11.1 Å². The molecule has 140 valence electrons. The maximum absolute atomic E-state index is 10.4. The Labute approximate surface area is 150 Å². The minimum absolute atomic E-state index is 0.324. The minimum Gasteiger partial charge on any atom is -0.481 e. The first-order chi connectivity index (χ1) is 11.8. The number of aliphatic carboxylic acids is 1. The topological polar surface area (TPSA) is 37.3 Å². The van der Waals surface area contributed by atoms with Gasteiger partial charge in [0.25, 0.3) is 0 Å². The number of carboxylic acids is 1. The summed E-state index contributed by atoms with van der Waals surface area (Å²) in [7, 11) is 0. The molecule has 2 nitrogen and oxygen atoms in total. The van der Waals surface area contributed by atoms with Crippen LogP contribution in [0.1, 0.15) is 110 Å². The molecule has 0 aliphatic heterocycles. The number of unbranched alkanes of at least 4 members (excludes halogenated alkanes) is 12. The van der Waals surface area contributed by atoms with Gasteiger partial charge in [0.15, 0.2) is 0 Å². The van der Waals surface area contributed by atoms with Crippen molar-refractivity contribution >= 4 is 5.97 Å². The second kappa shape index (κ2) is 20.0. The summed E-state index contributed by atoms with van der Waals surface area (Å²) >= 11 is 0. The third kappa shape index (κ3) is 20.9. The molecule has 0 unspecified atom stereocenters. The predicted molar refractivity (Wildman–Crippen MR) is 105 cm³/mol. The Bertz CT molecular complexity index is 318. The predicted octanol–water partition coefficient (Wildman–Crippen LogP) is 7.44. The van der Waals surface area contributed by atoms with E-state index in [-0.39, 0.29) is 0 Å². The van der Waals surface area contributed by atoms with Crippen LogP contribution in [0, 0.1) is 0 Å². The molecule has 0 aromatic rings. The van der Waals surface area contributed by atoms with Crippen LogP contribution in [0.5, 0.6) is 0 Å². The second-order valence-electron chi connectivity index (χ2n) is 6.79. The molecule has 0 heterocycles. The molecule has 0 aliphatic carbocycles. The van der Waals surface area contributed by atoms with E-state index >= 15 is 0 Å². The highest BCUT2D eigenvalue weighted by atomic mass is 16.4. The number of carbonyl (C=O) groups is 1. The Kier molecular flexibility index (Phi) is 19.1. The number of carboxylic acid groups (broad SMARTS) is 1. The van der Waals surface area contributed by atoms with Crippen LogP contribution in [0.4, 0.5) is 0 Å². The van der Waals surface area contributed by atoms with Crippen LogP contribution < -0.4 is 0 Å². The van der Waals surface area contributed by atoms with Gasteiger partial charge >= 0.3 is 5.97 Å². The molecule has 0 atom stereocenters. The highest BCUT2D eigenvalue weighted by Crippen LogP contribution is 2.09. The first-order valence-corrected chi connectivity index (χ1v) is 10.3. The molecule has 0 fully saturated rings. The van der Waals surface area contributed by atoms with Gasteiger partial charge in [-0.2, -0.15) is 0 Å². The highest BCUT2D eigenvalue weighted by Gasteiger charge is 1.95. The van der Waals surface area contributed by atoms with E-state index in [1.807, 2.05) is 0 Å². The Hall–Kier alpha value is -1.05. The number of allylic oxidation sites excluding steroid dienone is 4. The first-order valence-electron chi connectivity index (χ1n) is 10.3. The molecule has 0 aliphatic rings. The Morgan fingerprint density at radius 1 is 0.667 bits per heavy atom. The standard InChI is InChI=1S/C22H40O2/c1-2-3-4-5-6-7-8-9-10-11-12-13-14-15-16-17-18-19-20-21-22(23)24/h10-11,13-14H,2-9,12,15-21H2,1H3,(H,23,24). The van der Waals surface area contributed by atoms with Crippen molar-refractivity contribution in [3.63, 3.8) is 0 Å². The Balaban J connectivity index is 3.18. The van der Waals surface area contributed by atoms with E-state index in [1.165, 1.54) is 70.6 Å². The van der Waals surface area contributed by atoms with Crippen molar-refractivity contribution in [2.24, 2.45) is 0 Å². The molecule has 24 heavy (non-hydrogen) atoms. The van der Waals surface area contributed by atoms with Gasteiger partial charge in [0, 0.05) is 6.42 Å². The smallest absolute Gasteiger partial charge is 0.303 e. The molecule has 1 N–H and O–H groups in total. The summed E-state index contributed by atoms with van der Waals surface area (Å²) in [5.74, 6) is -0.669. The molecule has 0 bridgehead atoms. The van der Waals surface area contributed by atoms with Crippen LogP contribution in [0.25, 0.3) is 0 Å². The van der Waals surface area contributed by atoms with Crippen molar-refractivity contribution in [3.8, 4) is 0 Å². The van der Waals surface area contributed by atoms with Gasteiger partial charge in [0.2, 0.25) is 0 Å². The summed E-state index contributed by atoms with van der Waals surface area (Å²) in [5, 5.41) is 8.54. The van der Waals surface area contributed by atoms with Gasteiger partial charge in [0.1, 0.15) is 0 Å². The van der Waals surface area contributed by atoms with Gasteiger partial charge in [-0.05, 0) is 38.5 Å². The van der Waals surface area contributed by atoms with Crippen LogP contribution in [0.2, 0.25) is 0 Å². The second-order valence-corrected chi connectivity index (χ2v) is 6.79. The summed E-state index contributed by atoms with van der Waals surface area (Å²) in [5.41, 5.74) is 0. The fourth-order valence-electron chi connectivity index (χ4n) is 2.79. The van der Waals surface area contributed by atoms with E-state index in [4.69, 9.17) is 5.11 Å². The van der Waals surface area contributed by atoms with E-state index in [2.05, 4.69) is 31.2 Å². The van der Waals surface area contributed by atoms with Gasteiger partial charge in [-0.15, -0.1) is 0 Å². The average Bonchev–Trinajstić information content (AvgIpc) is 2.56. The summed E-state index contributed by atoms with van der Waals surface area (Å²) in [6, 6.07) is 0. The van der Waals surface area contributed by atoms with E-state index in [0.29, 0.717) is 6.42 Å². The molecular weight excluding hydrogens is 296 g/mol. The lowest BCUT2D eigenvalue weighted by Crippen LogP contribution is -1.93. The molecule has 0 aromatic heterocycles. The van der Waals surface area contributed by atoms with Gasteiger partial charge in [-0.3, -0.25) is 4.79 Å². The van der Waals surface area contributed by atoms with Gasteiger partial charge in [0.05, 0.1) is 0 Å². The van der Waals surface area contributed by atoms with Gasteiger partial charge in [-0.1, -0.05) is 89.0 Å². The van der Waals surface area contributed by atoms with E-state index in [1.54, 1.807) is 0 Å². The number of hydrogen-bond donors (Lipinski definition) is 1. The van der Waals surface area contributed by atoms with Crippen molar-refractivity contribution in [3.05, 3.63) is 24.3 Å². The minimum atomic E-state index is -0.669. The molecule has 0 radical (unpaired) electrons. The molecule has 0 saturated carbocycles. The molecule has 0 saturated heterocycles. The van der Waals surface area contributed by atoms with E-state index in [9.17, 15) is 4.79 Å². The zero-order valence-electron chi connectivity index (χ0n) is 16.0. The number of hydrogen-bond acceptors (Lipinski definition) is 1. The zero-order chi connectivity index (χ0) is 17.7. The monoisotopic (exact) mass is 336 g/mol. The lowest BCUT2D eigenvalue weighted by Gasteiger charge is -1.98. The van der Waals surface area contributed by atoms with E-state index < -0.39 is 5.97 Å². The summed E-state index contributed by atoms with van der Waals surface area (Å²) in [6.07, 6.45) is 28.2. The summed E-state index contributed by atoms with van der Waals surface area (Å²) in [4.78, 5) is 10.4. The molecule has 2 heteroatoms. The van der Waals surface area contributed by atoms with Crippen LogP contribution >= 0.6 is 0 Å². The third-order valence-electron chi connectivity index (χ3n) is 4.34. The van der Waals surface area contributed by atoms with Crippen LogP contribution in [0.3, 0.4) is 0 Å².